The van der Waals surface area contributed by atoms with Crippen LogP contribution in [-0.2, 0) is 21.1 Å². The number of nitrogens with one attached hydrogen (secondary N) is 2. The number of hydrogen-bond donors (Lipinski definition) is 2. The summed E-state index contributed by atoms with van der Waals surface area (Å²) in [6.45, 7) is 3.85. The van der Waals surface area contributed by atoms with Gasteiger partial charge in [0.15, 0.2) is 0 Å². The van der Waals surface area contributed by atoms with Gasteiger partial charge in [-0.15, -0.1) is 0 Å². The molecular weight excluding hydrogens is 384 g/mol. The second-order valence-corrected chi connectivity index (χ2v) is 8.01. The van der Waals surface area contributed by atoms with E-state index in [1.807, 2.05) is 68.4 Å². The topological polar surface area (TPSA) is 76.0 Å². The number of aryl methyl sites for hydroxylation is 1. The fraction of sp³-hybridized carbons (Fsp3) is 0.227. The van der Waals surface area contributed by atoms with E-state index in [0.29, 0.717) is 5.82 Å². The minimum absolute atomic E-state index is 0.267. The van der Waals surface area contributed by atoms with E-state index in [-0.39, 0.29) is 6.04 Å². The van der Waals surface area contributed by atoms with Crippen molar-refractivity contribution in [2.45, 2.75) is 31.4 Å². The van der Waals surface area contributed by atoms with Crippen LogP contribution in [0.4, 0.5) is 5.82 Å². The molecule has 0 spiro atoms. The third-order valence-electron chi connectivity index (χ3n) is 4.98. The van der Waals surface area contributed by atoms with Crippen molar-refractivity contribution < 1.29 is 9.59 Å². The SMILES string of the molecule is Cc1ccccc1-n1nc2c(c1NC(=O)C(=O)NC(C)c1ccccc1)CSC2. The molecule has 2 aromatic carbocycles. The molecule has 29 heavy (non-hydrogen) atoms. The molecule has 1 aliphatic heterocycles. The molecule has 1 atom stereocenters. The third-order valence-corrected chi connectivity index (χ3v) is 5.95. The Morgan fingerprint density at radius 2 is 1.76 bits per heavy atom. The van der Waals surface area contributed by atoms with Gasteiger partial charge in [0, 0.05) is 17.1 Å². The number of nitrogens with zero attached hydrogens (tertiary/aromatic N) is 2. The first kappa shape index (κ1) is 19.3. The number of anilines is 1. The van der Waals surface area contributed by atoms with E-state index in [4.69, 9.17) is 5.10 Å². The quantitative estimate of drug-likeness (QED) is 0.647. The molecule has 2 amide bonds. The first-order valence-electron chi connectivity index (χ1n) is 9.46. The molecule has 0 saturated heterocycles. The lowest BCUT2D eigenvalue weighted by Gasteiger charge is -2.15. The molecule has 6 nitrogen and oxygen atoms in total. The van der Waals surface area contributed by atoms with Crippen LogP contribution in [0.5, 0.6) is 0 Å². The molecule has 2 heterocycles. The first-order chi connectivity index (χ1) is 14.0. The smallest absolute Gasteiger partial charge is 0.314 e. The van der Waals surface area contributed by atoms with Gasteiger partial charge < -0.3 is 10.6 Å². The van der Waals surface area contributed by atoms with Crippen LogP contribution in [0.3, 0.4) is 0 Å². The number of amides is 2. The maximum atomic E-state index is 12.7. The van der Waals surface area contributed by atoms with Gasteiger partial charge in [0.25, 0.3) is 0 Å². The Balaban J connectivity index is 1.57. The Labute approximate surface area is 173 Å². The highest BCUT2D eigenvalue weighted by molar-refractivity contribution is 7.98. The molecule has 0 fully saturated rings. The molecule has 0 radical (unpaired) electrons. The standard InChI is InChI=1S/C22H22N4O2S/c1-14-8-6-7-11-19(14)26-20(17-12-29-13-18(17)25-26)24-22(28)21(27)23-15(2)16-9-4-3-5-10-16/h3-11,15H,12-13H2,1-2H3,(H,23,27)(H,24,28). The molecule has 1 aliphatic rings. The second-order valence-electron chi connectivity index (χ2n) is 7.02. The van der Waals surface area contributed by atoms with Crippen molar-refractivity contribution in [1.82, 2.24) is 15.1 Å². The molecule has 1 unspecified atom stereocenters. The summed E-state index contributed by atoms with van der Waals surface area (Å²) in [6.07, 6.45) is 0. The lowest BCUT2D eigenvalue weighted by molar-refractivity contribution is -0.136. The van der Waals surface area contributed by atoms with E-state index in [1.54, 1.807) is 16.4 Å². The third kappa shape index (κ3) is 3.91. The van der Waals surface area contributed by atoms with E-state index in [9.17, 15) is 9.59 Å². The molecule has 1 aromatic heterocycles. The zero-order chi connectivity index (χ0) is 20.4. The monoisotopic (exact) mass is 406 g/mol. The number of para-hydroxylation sites is 1. The normalized spacial score (nSPS) is 13.6. The van der Waals surface area contributed by atoms with Crippen LogP contribution < -0.4 is 10.6 Å². The number of carbonyl (C=O) groups excluding carboxylic acids is 2. The summed E-state index contributed by atoms with van der Waals surface area (Å²) >= 11 is 1.75. The van der Waals surface area contributed by atoms with Gasteiger partial charge in [-0.3, -0.25) is 9.59 Å². The van der Waals surface area contributed by atoms with Gasteiger partial charge in [-0.2, -0.15) is 16.9 Å². The predicted molar refractivity (Wildman–Crippen MR) is 115 cm³/mol. The molecular formula is C22H22N4O2S. The fourth-order valence-corrected chi connectivity index (χ4v) is 4.40. The summed E-state index contributed by atoms with van der Waals surface area (Å²) in [5.41, 5.74) is 4.80. The van der Waals surface area contributed by atoms with E-state index in [2.05, 4.69) is 10.6 Å². The molecule has 2 N–H and O–H groups in total. The van der Waals surface area contributed by atoms with Crippen molar-refractivity contribution >= 4 is 29.4 Å². The van der Waals surface area contributed by atoms with Crippen LogP contribution >= 0.6 is 11.8 Å². The Bertz CT molecular complexity index is 1060. The maximum absolute atomic E-state index is 12.7. The number of benzene rings is 2. The molecule has 7 heteroatoms. The van der Waals surface area contributed by atoms with Crippen LogP contribution in [0.2, 0.25) is 0 Å². The van der Waals surface area contributed by atoms with Crippen LogP contribution in [0.1, 0.15) is 35.3 Å². The van der Waals surface area contributed by atoms with E-state index in [0.717, 1.165) is 39.6 Å². The van der Waals surface area contributed by atoms with Crippen LogP contribution in [0.25, 0.3) is 5.69 Å². The van der Waals surface area contributed by atoms with Crippen molar-refractivity contribution in [1.29, 1.82) is 0 Å². The van der Waals surface area contributed by atoms with Gasteiger partial charge in [-0.25, -0.2) is 4.68 Å². The Hall–Kier alpha value is -3.06. The zero-order valence-corrected chi connectivity index (χ0v) is 17.1. The maximum Gasteiger partial charge on any atom is 0.314 e. The average Bonchev–Trinajstić information content (AvgIpc) is 3.31. The van der Waals surface area contributed by atoms with Gasteiger partial charge in [0.1, 0.15) is 5.82 Å². The second kappa shape index (κ2) is 8.13. The van der Waals surface area contributed by atoms with E-state index < -0.39 is 11.8 Å². The molecule has 0 saturated carbocycles. The van der Waals surface area contributed by atoms with Crippen molar-refractivity contribution in [3.8, 4) is 5.69 Å². The Morgan fingerprint density at radius 3 is 2.52 bits per heavy atom. The highest BCUT2D eigenvalue weighted by Gasteiger charge is 2.27. The Kier molecular flexibility index (Phi) is 5.40. The number of rotatable bonds is 4. The molecule has 0 bridgehead atoms. The lowest BCUT2D eigenvalue weighted by Crippen LogP contribution is -2.37. The summed E-state index contributed by atoms with van der Waals surface area (Å²) in [7, 11) is 0. The minimum atomic E-state index is -0.692. The summed E-state index contributed by atoms with van der Waals surface area (Å²) in [5, 5.41) is 10.3. The van der Waals surface area contributed by atoms with Crippen molar-refractivity contribution in [2.24, 2.45) is 0 Å². The van der Waals surface area contributed by atoms with Crippen LogP contribution in [-0.4, -0.2) is 21.6 Å². The number of carbonyl (C=O) groups is 2. The van der Waals surface area contributed by atoms with Crippen molar-refractivity contribution in [2.75, 3.05) is 5.32 Å². The average molecular weight is 407 g/mol. The highest BCUT2D eigenvalue weighted by Crippen LogP contribution is 2.36. The van der Waals surface area contributed by atoms with E-state index in [1.165, 1.54) is 0 Å². The molecule has 4 rings (SSSR count). The van der Waals surface area contributed by atoms with Gasteiger partial charge in [0.2, 0.25) is 0 Å². The van der Waals surface area contributed by atoms with Crippen LogP contribution in [0, 0.1) is 6.92 Å². The lowest BCUT2D eigenvalue weighted by atomic mass is 10.1. The predicted octanol–water partition coefficient (Wildman–Crippen LogP) is 3.74. The van der Waals surface area contributed by atoms with Gasteiger partial charge in [-0.1, -0.05) is 48.5 Å². The molecule has 148 valence electrons. The Morgan fingerprint density at radius 1 is 1.03 bits per heavy atom. The number of hydrogen-bond acceptors (Lipinski definition) is 4. The van der Waals surface area contributed by atoms with Gasteiger partial charge in [-0.05, 0) is 31.0 Å². The van der Waals surface area contributed by atoms with Gasteiger partial charge >= 0.3 is 11.8 Å². The number of fused-ring (bicyclic) bond motifs is 1. The summed E-state index contributed by atoms with van der Waals surface area (Å²) in [5.74, 6) is 0.778. The zero-order valence-electron chi connectivity index (χ0n) is 16.3. The summed E-state index contributed by atoms with van der Waals surface area (Å²) in [6, 6.07) is 17.1. The minimum Gasteiger partial charge on any atom is -0.341 e. The van der Waals surface area contributed by atoms with Crippen molar-refractivity contribution in [3.05, 3.63) is 77.0 Å². The fourth-order valence-electron chi connectivity index (χ4n) is 3.37. The van der Waals surface area contributed by atoms with Crippen LogP contribution in [0.15, 0.2) is 54.6 Å². The number of thioether (sulfide) groups is 1. The summed E-state index contributed by atoms with van der Waals surface area (Å²) < 4.78 is 1.74. The molecule has 0 aliphatic carbocycles. The highest BCUT2D eigenvalue weighted by atomic mass is 32.2. The molecule has 3 aromatic rings. The largest absolute Gasteiger partial charge is 0.341 e. The van der Waals surface area contributed by atoms with Crippen molar-refractivity contribution in [3.63, 3.8) is 0 Å². The number of aromatic nitrogens is 2. The first-order valence-corrected chi connectivity index (χ1v) is 10.6. The van der Waals surface area contributed by atoms with E-state index >= 15 is 0 Å². The summed E-state index contributed by atoms with van der Waals surface area (Å²) in [4.78, 5) is 25.2. The van der Waals surface area contributed by atoms with Gasteiger partial charge in [0.05, 0.1) is 17.4 Å².